The van der Waals surface area contributed by atoms with Gasteiger partial charge in [0.2, 0.25) is 0 Å². The van der Waals surface area contributed by atoms with Gasteiger partial charge in [-0.05, 0) is 0 Å². The number of carboxylic acid groups (broad SMARTS) is 1. The van der Waals surface area contributed by atoms with Crippen LogP contribution < -0.4 is 21.5 Å². The molecule has 92 valence electrons. The predicted molar refractivity (Wildman–Crippen MR) is 54.3 cm³/mol. The summed E-state index contributed by atoms with van der Waals surface area (Å²) in [4.78, 5) is 22.9. The molecule has 2 bridgehead atoms. The molecule has 0 aromatic heterocycles. The molecule has 1 amide bonds. The Morgan fingerprint density at radius 2 is 2.06 bits per heavy atom. The van der Waals surface area contributed by atoms with Gasteiger partial charge in [0.15, 0.2) is 0 Å². The SMILES string of the molecule is CC1C2(C)CCC1(C(=O)N(C)[I-]C(=O)O)C2. The standard InChI is InChI=1S/C11H17INO3/c1-7-10(2)4-5-11(7,6-10)8(14)13(3)12-9(15)16/h7H,4-6H2,1-3H3,(H,15,16)/q-1. The molecule has 0 spiro atoms. The molecule has 3 unspecified atom stereocenters. The van der Waals surface area contributed by atoms with Crippen molar-refractivity contribution in [3.63, 3.8) is 0 Å². The third-order valence-corrected chi connectivity index (χ3v) is 6.22. The predicted octanol–water partition coefficient (Wildman–Crippen LogP) is -1.05. The van der Waals surface area contributed by atoms with Crippen LogP contribution in [-0.2, 0) is 4.79 Å². The molecule has 0 aliphatic heterocycles. The van der Waals surface area contributed by atoms with Crippen molar-refractivity contribution in [1.82, 2.24) is 3.11 Å². The van der Waals surface area contributed by atoms with Gasteiger partial charge in [0.1, 0.15) is 0 Å². The van der Waals surface area contributed by atoms with Crippen LogP contribution in [0.1, 0.15) is 33.1 Å². The second kappa shape index (κ2) is 3.58. The van der Waals surface area contributed by atoms with E-state index in [0.717, 1.165) is 19.3 Å². The van der Waals surface area contributed by atoms with E-state index in [9.17, 15) is 9.59 Å². The third kappa shape index (κ3) is 1.47. The summed E-state index contributed by atoms with van der Waals surface area (Å²) in [5, 5.41) is 8.74. The Bertz CT molecular complexity index is 359. The van der Waals surface area contributed by atoms with Crippen molar-refractivity contribution < 1.29 is 36.2 Å². The van der Waals surface area contributed by atoms with Crippen molar-refractivity contribution in [3.05, 3.63) is 0 Å². The molecule has 16 heavy (non-hydrogen) atoms. The van der Waals surface area contributed by atoms with Gasteiger partial charge in [0.25, 0.3) is 0 Å². The summed E-state index contributed by atoms with van der Waals surface area (Å²) in [5.41, 5.74) is 0.108. The first-order valence-corrected chi connectivity index (χ1v) is 7.52. The van der Waals surface area contributed by atoms with Gasteiger partial charge in [-0.15, -0.1) is 0 Å². The first kappa shape index (κ1) is 12.1. The average Bonchev–Trinajstić information content (AvgIpc) is 2.67. The van der Waals surface area contributed by atoms with Crippen molar-refractivity contribution in [2.75, 3.05) is 7.05 Å². The minimum atomic E-state index is -1.20. The number of halogens is 1. The van der Waals surface area contributed by atoms with Crippen molar-refractivity contribution in [2.24, 2.45) is 16.7 Å². The van der Waals surface area contributed by atoms with Gasteiger partial charge in [-0.25, -0.2) is 0 Å². The molecular formula is C11H17INO3-. The van der Waals surface area contributed by atoms with Crippen LogP contribution in [0.4, 0.5) is 4.79 Å². The summed E-state index contributed by atoms with van der Waals surface area (Å²) in [6, 6.07) is 0. The minimum absolute atomic E-state index is 0.0742. The van der Waals surface area contributed by atoms with E-state index < -0.39 is 25.5 Å². The number of hydrogen-bond donors (Lipinski definition) is 1. The monoisotopic (exact) mass is 338 g/mol. The van der Waals surface area contributed by atoms with E-state index in [4.69, 9.17) is 5.11 Å². The molecule has 4 nitrogen and oxygen atoms in total. The zero-order valence-electron chi connectivity index (χ0n) is 9.79. The number of rotatable bonds is 3. The van der Waals surface area contributed by atoms with Crippen molar-refractivity contribution in [2.45, 2.75) is 33.1 Å². The van der Waals surface area contributed by atoms with E-state index in [1.807, 2.05) is 0 Å². The van der Waals surface area contributed by atoms with E-state index in [0.29, 0.717) is 11.3 Å². The Balaban J connectivity index is 2.09. The normalized spacial score (nSPS) is 40.6. The van der Waals surface area contributed by atoms with E-state index >= 15 is 0 Å². The van der Waals surface area contributed by atoms with Gasteiger partial charge in [-0.3, -0.25) is 0 Å². The van der Waals surface area contributed by atoms with Crippen LogP contribution in [0.25, 0.3) is 0 Å². The van der Waals surface area contributed by atoms with Crippen LogP contribution in [0.2, 0.25) is 0 Å². The van der Waals surface area contributed by atoms with Gasteiger partial charge in [-0.1, -0.05) is 0 Å². The number of carbonyl (C=O) groups is 2. The number of amides is 1. The zero-order chi connectivity index (χ0) is 12.1. The summed E-state index contributed by atoms with van der Waals surface area (Å²) in [5.74, 6) is 0.484. The fourth-order valence-electron chi connectivity index (χ4n) is 3.50. The molecular weight excluding hydrogens is 321 g/mol. The average molecular weight is 338 g/mol. The molecule has 3 atom stereocenters. The molecule has 0 saturated heterocycles. The fraction of sp³-hybridized carbons (Fsp3) is 0.818. The molecule has 0 aromatic rings. The Morgan fingerprint density at radius 3 is 2.44 bits per heavy atom. The summed E-state index contributed by atoms with van der Waals surface area (Å²) < 4.78 is 0.640. The van der Waals surface area contributed by atoms with Crippen LogP contribution in [0.5, 0.6) is 0 Å². The van der Waals surface area contributed by atoms with Crippen LogP contribution in [0, 0.1) is 16.7 Å². The second-order valence-electron chi connectivity index (χ2n) is 5.33. The maximum absolute atomic E-state index is 12.3. The molecule has 3 aliphatic rings. The van der Waals surface area contributed by atoms with Crippen LogP contribution in [0.15, 0.2) is 0 Å². The maximum atomic E-state index is 12.3. The molecule has 1 N–H and O–H groups in total. The van der Waals surface area contributed by atoms with Gasteiger partial charge in [0.05, 0.1) is 0 Å². The number of hydrogen-bond acceptors (Lipinski definition) is 2. The number of fused-ring (bicyclic) bond motifs is 1. The zero-order valence-corrected chi connectivity index (χ0v) is 11.9. The summed E-state index contributed by atoms with van der Waals surface area (Å²) in [6.07, 6.45) is 3.00. The Morgan fingerprint density at radius 1 is 1.44 bits per heavy atom. The Hall–Kier alpha value is -0.330. The topological polar surface area (TPSA) is 57.6 Å². The molecule has 0 aromatic carbocycles. The van der Waals surface area contributed by atoms with Crippen LogP contribution >= 0.6 is 0 Å². The number of carbonyl (C=O) groups excluding carboxylic acids is 1. The summed E-state index contributed by atoms with van der Waals surface area (Å²) in [6.45, 7) is 4.38. The Kier molecular flexibility index (Phi) is 2.72. The first-order chi connectivity index (χ1) is 7.32. The van der Waals surface area contributed by atoms with Crippen molar-refractivity contribution in [3.8, 4) is 0 Å². The summed E-state index contributed by atoms with van der Waals surface area (Å²) in [7, 11) is 1.64. The van der Waals surface area contributed by atoms with Crippen LogP contribution in [-0.4, -0.2) is 25.2 Å². The molecule has 3 saturated carbocycles. The Labute approximate surface area is 106 Å². The molecule has 3 aliphatic carbocycles. The van der Waals surface area contributed by atoms with E-state index in [2.05, 4.69) is 13.8 Å². The van der Waals surface area contributed by atoms with E-state index in [1.54, 1.807) is 7.05 Å². The fourth-order valence-corrected chi connectivity index (χ4v) is 4.82. The molecule has 0 radical (unpaired) electrons. The quantitative estimate of drug-likeness (QED) is 0.406. The van der Waals surface area contributed by atoms with Gasteiger partial charge >= 0.3 is 106 Å². The van der Waals surface area contributed by atoms with Gasteiger partial charge < -0.3 is 0 Å². The second-order valence-corrected chi connectivity index (χ2v) is 8.18. The van der Waals surface area contributed by atoms with Crippen LogP contribution in [0.3, 0.4) is 0 Å². The van der Waals surface area contributed by atoms with E-state index in [-0.39, 0.29) is 11.3 Å². The molecule has 0 heterocycles. The molecule has 3 fully saturated rings. The first-order valence-electron chi connectivity index (χ1n) is 5.48. The van der Waals surface area contributed by atoms with Crippen molar-refractivity contribution >= 4 is 9.88 Å². The molecule has 3 rings (SSSR count). The summed E-state index contributed by atoms with van der Waals surface area (Å²) >= 11 is -1.20. The molecule has 5 heteroatoms. The number of nitrogens with zero attached hydrogens (tertiary/aromatic N) is 1. The van der Waals surface area contributed by atoms with Gasteiger partial charge in [0, 0.05) is 0 Å². The van der Waals surface area contributed by atoms with Gasteiger partial charge in [-0.2, -0.15) is 0 Å². The van der Waals surface area contributed by atoms with Crippen molar-refractivity contribution in [1.29, 1.82) is 0 Å². The van der Waals surface area contributed by atoms with E-state index in [1.165, 1.54) is 3.11 Å². The third-order valence-electron chi connectivity index (χ3n) is 4.64.